The molecule has 0 aromatic heterocycles. The Morgan fingerprint density at radius 3 is 2.38 bits per heavy atom. The number of esters is 1. The Balaban J connectivity index is 3.51. The molecule has 0 aromatic rings. The van der Waals surface area contributed by atoms with E-state index in [0.29, 0.717) is 0 Å². The molecule has 0 spiro atoms. The molecule has 0 aliphatic carbocycles. The van der Waals surface area contributed by atoms with Crippen molar-refractivity contribution in [1.82, 2.24) is 0 Å². The third kappa shape index (κ3) is 6.27. The van der Waals surface area contributed by atoms with E-state index >= 15 is 0 Å². The lowest BCUT2D eigenvalue weighted by Crippen LogP contribution is -2.13. The van der Waals surface area contributed by atoms with E-state index in [0.717, 1.165) is 0 Å². The molecule has 13 heavy (non-hydrogen) atoms. The molecule has 0 radical (unpaired) electrons. The van der Waals surface area contributed by atoms with Gasteiger partial charge in [-0.2, -0.15) is 0 Å². The summed E-state index contributed by atoms with van der Waals surface area (Å²) in [5.41, 5.74) is 0.231. The Morgan fingerprint density at radius 1 is 1.23 bits per heavy atom. The van der Waals surface area contributed by atoms with Gasteiger partial charge in [0.05, 0.1) is 12.2 Å². The zero-order chi connectivity index (χ0) is 10.1. The second-order valence-electron chi connectivity index (χ2n) is 2.20. The number of carbonyl (C=O) groups excluding carboxylic acids is 1. The van der Waals surface area contributed by atoms with Crippen LogP contribution in [0.1, 0.15) is 0 Å². The van der Waals surface area contributed by atoms with Crippen molar-refractivity contribution in [2.45, 2.75) is 0 Å². The van der Waals surface area contributed by atoms with E-state index in [-0.39, 0.29) is 25.8 Å². The van der Waals surface area contributed by atoms with Gasteiger partial charge in [-0.3, -0.25) is 0 Å². The highest BCUT2D eigenvalue weighted by atomic mass is 16.7. The number of hydrogen-bond acceptors (Lipinski definition) is 5. The van der Waals surface area contributed by atoms with Gasteiger partial charge in [-0.25, -0.2) is 4.79 Å². The van der Waals surface area contributed by atoms with Gasteiger partial charge in [0.2, 0.25) is 0 Å². The quantitative estimate of drug-likeness (QED) is 0.250. The number of rotatable bonds is 7. The Bertz CT molecular complexity index is 166. The summed E-state index contributed by atoms with van der Waals surface area (Å²) in [6.07, 6.45) is 0. The molecule has 0 aliphatic rings. The molecule has 0 unspecified atom stereocenters. The largest absolute Gasteiger partial charge is 0.435 e. The van der Waals surface area contributed by atoms with Crippen LogP contribution < -0.4 is 0 Å². The summed E-state index contributed by atoms with van der Waals surface area (Å²) in [5, 5.41) is 0. The van der Waals surface area contributed by atoms with Crippen molar-refractivity contribution in [2.24, 2.45) is 0 Å². The Morgan fingerprint density at radius 2 is 1.85 bits per heavy atom. The molecule has 0 aromatic carbocycles. The first-order chi connectivity index (χ1) is 6.22. The van der Waals surface area contributed by atoms with E-state index in [4.69, 9.17) is 4.74 Å². The van der Waals surface area contributed by atoms with E-state index in [1.807, 2.05) is 0 Å². The highest BCUT2D eigenvalue weighted by Gasteiger charge is 2.07. The minimum absolute atomic E-state index is 0.0812. The van der Waals surface area contributed by atoms with Crippen molar-refractivity contribution < 1.29 is 23.7 Å². The van der Waals surface area contributed by atoms with Crippen molar-refractivity contribution >= 4 is 5.97 Å². The summed E-state index contributed by atoms with van der Waals surface area (Å²) in [5.74, 6) is -0.530. The molecule has 5 nitrogen and oxygen atoms in total. The van der Waals surface area contributed by atoms with E-state index < -0.39 is 5.97 Å². The van der Waals surface area contributed by atoms with Crippen LogP contribution in [0.2, 0.25) is 0 Å². The van der Waals surface area contributed by atoms with Crippen LogP contribution in [0.5, 0.6) is 0 Å². The Hall–Kier alpha value is -0.910. The van der Waals surface area contributed by atoms with Crippen LogP contribution in [0.25, 0.3) is 0 Å². The van der Waals surface area contributed by atoms with Gasteiger partial charge in [-0.1, -0.05) is 6.58 Å². The Labute approximate surface area is 77.2 Å². The molecular formula is C8H14O5. The van der Waals surface area contributed by atoms with Gasteiger partial charge >= 0.3 is 5.97 Å². The predicted octanol–water partition coefficient (Wildman–Crippen LogP) is 0.310. The minimum atomic E-state index is -0.530. The summed E-state index contributed by atoms with van der Waals surface area (Å²) in [4.78, 5) is 11.0. The van der Waals surface area contributed by atoms with Gasteiger partial charge in [0, 0.05) is 14.2 Å². The molecular weight excluding hydrogens is 176 g/mol. The van der Waals surface area contributed by atoms with Gasteiger partial charge in [-0.05, 0) is 0 Å². The summed E-state index contributed by atoms with van der Waals surface area (Å²) in [6, 6.07) is 0. The van der Waals surface area contributed by atoms with E-state index in [1.54, 1.807) is 0 Å². The first kappa shape index (κ1) is 12.1. The SMILES string of the molecule is C=C(COCOC)C(=O)OCOC. The topological polar surface area (TPSA) is 54.0 Å². The van der Waals surface area contributed by atoms with E-state index in [9.17, 15) is 4.79 Å². The highest BCUT2D eigenvalue weighted by Crippen LogP contribution is 1.95. The van der Waals surface area contributed by atoms with Gasteiger partial charge in [0.1, 0.15) is 6.79 Å². The summed E-state index contributed by atoms with van der Waals surface area (Å²) in [7, 11) is 2.92. The molecule has 0 bridgehead atoms. The maximum Gasteiger partial charge on any atom is 0.337 e. The Kier molecular flexibility index (Phi) is 7.18. The van der Waals surface area contributed by atoms with Gasteiger partial charge < -0.3 is 18.9 Å². The molecule has 0 saturated carbocycles. The zero-order valence-electron chi connectivity index (χ0n) is 7.87. The molecule has 0 rings (SSSR count). The molecule has 0 atom stereocenters. The third-order valence-corrected chi connectivity index (χ3v) is 1.07. The second-order valence-corrected chi connectivity index (χ2v) is 2.20. The van der Waals surface area contributed by atoms with Crippen molar-refractivity contribution in [3.63, 3.8) is 0 Å². The molecule has 5 heteroatoms. The standard InChI is InChI=1S/C8H14O5/c1-7(4-12-5-10-2)8(9)13-6-11-3/h1,4-6H2,2-3H3. The summed E-state index contributed by atoms with van der Waals surface area (Å²) < 4.78 is 18.6. The van der Waals surface area contributed by atoms with Crippen molar-refractivity contribution in [3.05, 3.63) is 12.2 Å². The number of hydrogen-bond donors (Lipinski definition) is 0. The molecule has 0 heterocycles. The second kappa shape index (κ2) is 7.72. The first-order valence-electron chi connectivity index (χ1n) is 3.63. The fourth-order valence-electron chi connectivity index (χ4n) is 0.522. The molecule has 76 valence electrons. The van der Waals surface area contributed by atoms with Crippen LogP contribution in [0, 0.1) is 0 Å². The molecule has 0 N–H and O–H groups in total. The minimum Gasteiger partial charge on any atom is -0.435 e. The van der Waals surface area contributed by atoms with Gasteiger partial charge in [-0.15, -0.1) is 0 Å². The molecule has 0 amide bonds. The van der Waals surface area contributed by atoms with Gasteiger partial charge in [0.25, 0.3) is 0 Å². The van der Waals surface area contributed by atoms with Crippen molar-refractivity contribution in [1.29, 1.82) is 0 Å². The summed E-state index contributed by atoms with van der Waals surface area (Å²) in [6.45, 7) is 3.60. The lowest BCUT2D eigenvalue weighted by Gasteiger charge is -2.06. The van der Waals surface area contributed by atoms with Crippen molar-refractivity contribution in [3.8, 4) is 0 Å². The monoisotopic (exact) mass is 190 g/mol. The average molecular weight is 190 g/mol. The average Bonchev–Trinajstić information content (AvgIpc) is 2.14. The fraction of sp³-hybridized carbons (Fsp3) is 0.625. The highest BCUT2D eigenvalue weighted by molar-refractivity contribution is 5.87. The van der Waals surface area contributed by atoms with E-state index in [1.165, 1.54) is 14.2 Å². The maximum atomic E-state index is 11.0. The maximum absolute atomic E-state index is 11.0. The lowest BCUT2D eigenvalue weighted by molar-refractivity contribution is -0.150. The van der Waals surface area contributed by atoms with Crippen LogP contribution >= 0.6 is 0 Å². The van der Waals surface area contributed by atoms with Crippen molar-refractivity contribution in [2.75, 3.05) is 34.4 Å². The summed E-state index contributed by atoms with van der Waals surface area (Å²) >= 11 is 0. The van der Waals surface area contributed by atoms with Gasteiger partial charge in [0.15, 0.2) is 6.79 Å². The van der Waals surface area contributed by atoms with Crippen LogP contribution in [0.4, 0.5) is 0 Å². The fourth-order valence-corrected chi connectivity index (χ4v) is 0.522. The number of carbonyl (C=O) groups is 1. The number of methoxy groups -OCH3 is 2. The third-order valence-electron chi connectivity index (χ3n) is 1.07. The number of ether oxygens (including phenoxy) is 4. The van der Waals surface area contributed by atoms with Crippen LogP contribution in [-0.2, 0) is 23.7 Å². The smallest absolute Gasteiger partial charge is 0.337 e. The first-order valence-corrected chi connectivity index (χ1v) is 3.63. The normalized spacial score (nSPS) is 9.69. The predicted molar refractivity (Wildman–Crippen MR) is 44.9 cm³/mol. The molecule has 0 fully saturated rings. The van der Waals surface area contributed by atoms with Crippen LogP contribution in [-0.4, -0.2) is 40.4 Å². The molecule has 0 aliphatic heterocycles. The lowest BCUT2D eigenvalue weighted by atomic mass is 10.3. The molecule has 0 saturated heterocycles. The van der Waals surface area contributed by atoms with Crippen LogP contribution in [0.3, 0.4) is 0 Å². The van der Waals surface area contributed by atoms with E-state index in [2.05, 4.69) is 20.8 Å². The zero-order valence-corrected chi connectivity index (χ0v) is 7.87. The van der Waals surface area contributed by atoms with Crippen LogP contribution in [0.15, 0.2) is 12.2 Å².